The molecule has 0 bridgehead atoms. The molecular weight excluding hydrogens is 268 g/mol. The van der Waals surface area contributed by atoms with Crippen LogP contribution >= 0.6 is 0 Å². The van der Waals surface area contributed by atoms with E-state index in [2.05, 4.69) is 6.92 Å². The number of ether oxygens (including phenoxy) is 2. The van der Waals surface area contributed by atoms with E-state index in [0.717, 1.165) is 19.4 Å². The molecule has 0 aliphatic rings. The summed E-state index contributed by atoms with van der Waals surface area (Å²) >= 11 is 0. The fourth-order valence-electron chi connectivity index (χ4n) is 1.95. The molecule has 0 saturated carbocycles. The van der Waals surface area contributed by atoms with Crippen molar-refractivity contribution >= 4 is 5.97 Å². The normalized spacial score (nSPS) is 10.5. The summed E-state index contributed by atoms with van der Waals surface area (Å²) in [4.78, 5) is 10.7. The quantitative estimate of drug-likeness (QED) is 0.589. The summed E-state index contributed by atoms with van der Waals surface area (Å²) < 4.78 is 11.1. The van der Waals surface area contributed by atoms with E-state index in [1.807, 2.05) is 0 Å². The van der Waals surface area contributed by atoms with E-state index in [1.165, 1.54) is 25.7 Å². The number of hydrogen-bond acceptors (Lipinski definition) is 3. The fraction of sp³-hybridized carbons (Fsp3) is 0.588. The lowest BCUT2D eigenvalue weighted by Gasteiger charge is -2.07. The lowest BCUT2D eigenvalue weighted by molar-refractivity contribution is 0.0697. The highest BCUT2D eigenvalue weighted by molar-refractivity contribution is 5.87. The Morgan fingerprint density at radius 2 is 1.62 bits per heavy atom. The molecule has 0 spiro atoms. The van der Waals surface area contributed by atoms with Crippen molar-refractivity contribution in [2.45, 2.75) is 45.4 Å². The summed E-state index contributed by atoms with van der Waals surface area (Å²) in [5.74, 6) is -0.228. The maximum atomic E-state index is 10.7. The zero-order chi connectivity index (χ0) is 15.3. The standard InChI is InChI=1S/C17H26O4/c1-2-3-4-5-6-12-20-13-7-14-21-16-10-8-15(9-11-16)17(18)19/h8-11H,2-7,12-14H2,1H3,(H,18,19). The van der Waals surface area contributed by atoms with E-state index >= 15 is 0 Å². The molecule has 118 valence electrons. The number of rotatable bonds is 12. The Balaban J connectivity index is 1.98. The van der Waals surface area contributed by atoms with Crippen molar-refractivity contribution in [2.24, 2.45) is 0 Å². The van der Waals surface area contributed by atoms with Crippen LogP contribution < -0.4 is 4.74 Å². The molecule has 0 aliphatic heterocycles. The van der Waals surface area contributed by atoms with E-state index in [1.54, 1.807) is 24.3 Å². The minimum atomic E-state index is -0.922. The van der Waals surface area contributed by atoms with Gasteiger partial charge in [0.15, 0.2) is 0 Å². The third-order valence-electron chi connectivity index (χ3n) is 3.20. The first-order valence-electron chi connectivity index (χ1n) is 7.78. The molecule has 0 heterocycles. The van der Waals surface area contributed by atoms with Crippen LogP contribution in [0.1, 0.15) is 55.8 Å². The highest BCUT2D eigenvalue weighted by Crippen LogP contribution is 2.12. The van der Waals surface area contributed by atoms with Gasteiger partial charge < -0.3 is 14.6 Å². The van der Waals surface area contributed by atoms with Crippen molar-refractivity contribution in [3.05, 3.63) is 29.8 Å². The molecule has 1 aromatic rings. The molecule has 1 N–H and O–H groups in total. The Kier molecular flexibility index (Phi) is 9.29. The van der Waals surface area contributed by atoms with Crippen LogP contribution in [0.25, 0.3) is 0 Å². The topological polar surface area (TPSA) is 55.8 Å². The van der Waals surface area contributed by atoms with Crippen LogP contribution in [-0.4, -0.2) is 30.9 Å². The number of carboxylic acid groups (broad SMARTS) is 1. The van der Waals surface area contributed by atoms with E-state index in [4.69, 9.17) is 14.6 Å². The summed E-state index contributed by atoms with van der Waals surface area (Å²) in [6.45, 7) is 4.34. The summed E-state index contributed by atoms with van der Waals surface area (Å²) in [5, 5.41) is 8.78. The molecule has 1 aromatic carbocycles. The van der Waals surface area contributed by atoms with Gasteiger partial charge in [-0.1, -0.05) is 32.6 Å². The molecular formula is C17H26O4. The monoisotopic (exact) mass is 294 g/mol. The number of carbonyl (C=O) groups is 1. The predicted molar refractivity (Wildman–Crippen MR) is 83.1 cm³/mol. The van der Waals surface area contributed by atoms with Crippen LogP contribution in [0, 0.1) is 0 Å². The third-order valence-corrected chi connectivity index (χ3v) is 3.20. The van der Waals surface area contributed by atoms with Crippen LogP contribution in [0.4, 0.5) is 0 Å². The highest BCUT2D eigenvalue weighted by atomic mass is 16.5. The molecule has 0 unspecified atom stereocenters. The van der Waals surface area contributed by atoms with Gasteiger partial charge >= 0.3 is 5.97 Å². The van der Waals surface area contributed by atoms with E-state index < -0.39 is 5.97 Å². The summed E-state index contributed by atoms with van der Waals surface area (Å²) in [6, 6.07) is 6.45. The van der Waals surface area contributed by atoms with Gasteiger partial charge in [-0.2, -0.15) is 0 Å². The molecule has 1 rings (SSSR count). The maximum Gasteiger partial charge on any atom is 0.335 e. The zero-order valence-electron chi connectivity index (χ0n) is 12.8. The smallest absolute Gasteiger partial charge is 0.335 e. The van der Waals surface area contributed by atoms with Gasteiger partial charge in [0, 0.05) is 19.6 Å². The Morgan fingerprint density at radius 1 is 0.952 bits per heavy atom. The highest BCUT2D eigenvalue weighted by Gasteiger charge is 2.01. The van der Waals surface area contributed by atoms with Crippen molar-refractivity contribution < 1.29 is 19.4 Å². The number of carboxylic acids is 1. The summed E-state index contributed by atoms with van der Waals surface area (Å²) in [5.41, 5.74) is 0.272. The van der Waals surface area contributed by atoms with Crippen molar-refractivity contribution in [1.82, 2.24) is 0 Å². The van der Waals surface area contributed by atoms with E-state index in [-0.39, 0.29) is 5.56 Å². The van der Waals surface area contributed by atoms with Crippen LogP contribution in [-0.2, 0) is 4.74 Å². The van der Waals surface area contributed by atoms with Crippen LogP contribution in [0.5, 0.6) is 5.75 Å². The second-order valence-corrected chi connectivity index (χ2v) is 5.06. The summed E-state index contributed by atoms with van der Waals surface area (Å²) in [6.07, 6.45) is 7.11. The molecule has 0 atom stereocenters. The van der Waals surface area contributed by atoms with Gasteiger partial charge in [-0.25, -0.2) is 4.79 Å². The Labute approximate surface area is 127 Å². The van der Waals surface area contributed by atoms with Crippen molar-refractivity contribution in [2.75, 3.05) is 19.8 Å². The van der Waals surface area contributed by atoms with Crippen LogP contribution in [0.3, 0.4) is 0 Å². The summed E-state index contributed by atoms with van der Waals surface area (Å²) in [7, 11) is 0. The van der Waals surface area contributed by atoms with Gasteiger partial charge in [-0.05, 0) is 30.7 Å². The lowest BCUT2D eigenvalue weighted by Crippen LogP contribution is -2.04. The maximum absolute atomic E-state index is 10.7. The van der Waals surface area contributed by atoms with Crippen molar-refractivity contribution in [3.8, 4) is 5.75 Å². The van der Waals surface area contributed by atoms with Crippen LogP contribution in [0.2, 0.25) is 0 Å². The Morgan fingerprint density at radius 3 is 2.29 bits per heavy atom. The first-order chi connectivity index (χ1) is 10.2. The second kappa shape index (κ2) is 11.1. The average molecular weight is 294 g/mol. The average Bonchev–Trinajstić information content (AvgIpc) is 2.49. The molecule has 0 radical (unpaired) electrons. The number of unbranched alkanes of at least 4 members (excludes halogenated alkanes) is 4. The molecule has 0 saturated heterocycles. The first-order valence-corrected chi connectivity index (χ1v) is 7.78. The van der Waals surface area contributed by atoms with Gasteiger partial charge in [0.2, 0.25) is 0 Å². The SMILES string of the molecule is CCCCCCCOCCCOc1ccc(C(=O)O)cc1. The minimum Gasteiger partial charge on any atom is -0.494 e. The Bertz CT molecular complexity index is 386. The molecule has 0 aliphatic carbocycles. The lowest BCUT2D eigenvalue weighted by atomic mass is 10.2. The molecule has 21 heavy (non-hydrogen) atoms. The van der Waals surface area contributed by atoms with Gasteiger partial charge in [-0.15, -0.1) is 0 Å². The largest absolute Gasteiger partial charge is 0.494 e. The number of aromatic carboxylic acids is 1. The van der Waals surface area contributed by atoms with Gasteiger partial charge in [0.25, 0.3) is 0 Å². The van der Waals surface area contributed by atoms with Gasteiger partial charge in [0.05, 0.1) is 12.2 Å². The fourth-order valence-corrected chi connectivity index (χ4v) is 1.95. The molecule has 4 heteroatoms. The minimum absolute atomic E-state index is 0.272. The molecule has 0 aromatic heterocycles. The third kappa shape index (κ3) is 8.35. The predicted octanol–water partition coefficient (Wildman–Crippen LogP) is 4.14. The van der Waals surface area contributed by atoms with E-state index in [9.17, 15) is 4.79 Å². The zero-order valence-corrected chi connectivity index (χ0v) is 12.8. The molecule has 0 amide bonds. The van der Waals surface area contributed by atoms with Gasteiger partial charge in [-0.3, -0.25) is 0 Å². The van der Waals surface area contributed by atoms with Gasteiger partial charge in [0.1, 0.15) is 5.75 Å². The number of hydrogen-bond donors (Lipinski definition) is 1. The first kappa shape index (κ1) is 17.5. The molecule has 0 fully saturated rings. The molecule has 4 nitrogen and oxygen atoms in total. The van der Waals surface area contributed by atoms with Crippen molar-refractivity contribution in [1.29, 1.82) is 0 Å². The number of benzene rings is 1. The van der Waals surface area contributed by atoms with E-state index in [0.29, 0.717) is 19.0 Å². The second-order valence-electron chi connectivity index (χ2n) is 5.06. The Hall–Kier alpha value is -1.55. The van der Waals surface area contributed by atoms with Crippen molar-refractivity contribution in [3.63, 3.8) is 0 Å². The van der Waals surface area contributed by atoms with Crippen LogP contribution in [0.15, 0.2) is 24.3 Å².